The van der Waals surface area contributed by atoms with Crippen LogP contribution in [0.15, 0.2) is 58.0 Å². The van der Waals surface area contributed by atoms with E-state index in [1.807, 2.05) is 18.2 Å². The highest BCUT2D eigenvalue weighted by Gasteiger charge is 2.06. The second-order valence-electron chi connectivity index (χ2n) is 4.96. The summed E-state index contributed by atoms with van der Waals surface area (Å²) in [6, 6.07) is 8.15. The topological polar surface area (TPSA) is 40.8 Å². The summed E-state index contributed by atoms with van der Waals surface area (Å²) in [6.45, 7) is 6.10. The minimum Gasteiger partial charge on any atom is -0.469 e. The smallest absolute Gasteiger partial charge is 0.193 e. The van der Waals surface area contributed by atoms with Crippen molar-refractivity contribution in [1.82, 2.24) is 10.2 Å². The Labute approximate surface area is 136 Å². The lowest BCUT2D eigenvalue weighted by Gasteiger charge is -2.21. The molecule has 5 heteroatoms. The minimum atomic E-state index is 0.705. The van der Waals surface area contributed by atoms with Gasteiger partial charge in [0.1, 0.15) is 5.76 Å². The Morgan fingerprint density at radius 3 is 3.00 bits per heavy atom. The van der Waals surface area contributed by atoms with E-state index < -0.39 is 0 Å². The monoisotopic (exact) mass is 317 g/mol. The van der Waals surface area contributed by atoms with E-state index in [4.69, 9.17) is 4.42 Å². The van der Waals surface area contributed by atoms with Crippen LogP contribution in [0.5, 0.6) is 0 Å². The molecule has 2 heterocycles. The fourth-order valence-electron chi connectivity index (χ4n) is 2.04. The highest BCUT2D eigenvalue weighted by atomic mass is 32.1. The van der Waals surface area contributed by atoms with Crippen LogP contribution < -0.4 is 5.32 Å². The molecule has 1 N–H and O–H groups in total. The Kier molecular flexibility index (Phi) is 6.77. The molecule has 4 nitrogen and oxygen atoms in total. The minimum absolute atomic E-state index is 0.705. The predicted octanol–water partition coefficient (Wildman–Crippen LogP) is 3.19. The van der Waals surface area contributed by atoms with Gasteiger partial charge in [-0.15, -0.1) is 17.9 Å². The number of rotatable bonds is 8. The molecule has 0 aliphatic heterocycles. The Bertz CT molecular complexity index is 561. The molecule has 0 radical (unpaired) electrons. The van der Waals surface area contributed by atoms with Crippen LogP contribution in [0.25, 0.3) is 0 Å². The number of hydrogen-bond donors (Lipinski definition) is 1. The number of thiophene rings is 1. The summed E-state index contributed by atoms with van der Waals surface area (Å²) in [5.74, 6) is 1.87. The molecule has 0 saturated carbocycles. The number of nitrogens with zero attached hydrogens (tertiary/aromatic N) is 2. The third kappa shape index (κ3) is 5.41. The van der Waals surface area contributed by atoms with Crippen molar-refractivity contribution in [2.75, 3.05) is 26.7 Å². The van der Waals surface area contributed by atoms with Crippen LogP contribution >= 0.6 is 11.3 Å². The number of nitrogens with one attached hydrogen (secondary N) is 1. The van der Waals surface area contributed by atoms with Crippen molar-refractivity contribution in [2.45, 2.75) is 12.8 Å². The molecule has 0 aliphatic rings. The van der Waals surface area contributed by atoms with Crippen LogP contribution in [-0.2, 0) is 12.8 Å². The van der Waals surface area contributed by atoms with Gasteiger partial charge in [-0.05, 0) is 30.0 Å². The highest BCUT2D eigenvalue weighted by molar-refractivity contribution is 7.09. The van der Waals surface area contributed by atoms with Crippen LogP contribution in [-0.4, -0.2) is 37.5 Å². The van der Waals surface area contributed by atoms with E-state index in [0.29, 0.717) is 13.1 Å². The van der Waals surface area contributed by atoms with Gasteiger partial charge in [-0.1, -0.05) is 12.1 Å². The van der Waals surface area contributed by atoms with Crippen LogP contribution in [0.3, 0.4) is 0 Å². The molecule has 0 bridgehead atoms. The van der Waals surface area contributed by atoms with Gasteiger partial charge in [-0.25, -0.2) is 0 Å². The van der Waals surface area contributed by atoms with E-state index in [9.17, 15) is 0 Å². The fraction of sp³-hybridized carbons (Fsp3) is 0.353. The average Bonchev–Trinajstić information content (AvgIpc) is 3.21. The third-order valence-electron chi connectivity index (χ3n) is 3.24. The van der Waals surface area contributed by atoms with Gasteiger partial charge in [-0.2, -0.15) is 0 Å². The van der Waals surface area contributed by atoms with Gasteiger partial charge >= 0.3 is 0 Å². The number of likely N-dealkylation sites (N-methyl/N-ethyl adjacent to an activating group) is 1. The van der Waals surface area contributed by atoms with Gasteiger partial charge in [0.2, 0.25) is 0 Å². The van der Waals surface area contributed by atoms with Crippen molar-refractivity contribution < 1.29 is 4.42 Å². The molecule has 0 spiro atoms. The van der Waals surface area contributed by atoms with Crippen LogP contribution in [0, 0.1) is 0 Å². The Balaban J connectivity index is 1.86. The average molecular weight is 317 g/mol. The highest BCUT2D eigenvalue weighted by Crippen LogP contribution is 2.09. The van der Waals surface area contributed by atoms with Gasteiger partial charge < -0.3 is 14.6 Å². The Morgan fingerprint density at radius 2 is 2.32 bits per heavy atom. The standard InChI is InChI=1S/C17H23N3OS/c1-3-10-18-17(19-11-8-15-6-4-13-21-15)20(2)12-9-16-7-5-14-22-16/h3-7,13-14H,1,8-12H2,2H3,(H,18,19). The van der Waals surface area contributed by atoms with Crippen molar-refractivity contribution in [3.63, 3.8) is 0 Å². The summed E-state index contributed by atoms with van der Waals surface area (Å²) in [6.07, 6.45) is 5.38. The van der Waals surface area contributed by atoms with Gasteiger partial charge in [0.25, 0.3) is 0 Å². The number of aliphatic imine (C=N–C) groups is 1. The van der Waals surface area contributed by atoms with Gasteiger partial charge in [0.15, 0.2) is 5.96 Å². The van der Waals surface area contributed by atoms with E-state index in [1.165, 1.54) is 4.88 Å². The molecule has 2 aromatic heterocycles. The Hall–Kier alpha value is -2.01. The molecule has 0 amide bonds. The molecule has 118 valence electrons. The van der Waals surface area contributed by atoms with E-state index in [2.05, 4.69) is 46.3 Å². The lowest BCUT2D eigenvalue weighted by Crippen LogP contribution is -2.40. The predicted molar refractivity (Wildman–Crippen MR) is 93.6 cm³/mol. The maximum absolute atomic E-state index is 5.34. The Morgan fingerprint density at radius 1 is 1.41 bits per heavy atom. The maximum Gasteiger partial charge on any atom is 0.193 e. The van der Waals surface area contributed by atoms with E-state index in [0.717, 1.165) is 31.1 Å². The summed E-state index contributed by atoms with van der Waals surface area (Å²) >= 11 is 1.80. The molecule has 0 aromatic carbocycles. The first kappa shape index (κ1) is 16.4. The third-order valence-corrected chi connectivity index (χ3v) is 4.18. The number of hydrogen-bond acceptors (Lipinski definition) is 3. The summed E-state index contributed by atoms with van der Waals surface area (Å²) < 4.78 is 5.34. The first-order chi connectivity index (χ1) is 10.8. The maximum atomic E-state index is 5.34. The van der Waals surface area contributed by atoms with Gasteiger partial charge in [0.05, 0.1) is 6.26 Å². The summed E-state index contributed by atoms with van der Waals surface area (Å²) in [7, 11) is 2.06. The zero-order valence-corrected chi connectivity index (χ0v) is 13.8. The molecule has 22 heavy (non-hydrogen) atoms. The van der Waals surface area contributed by atoms with Crippen molar-refractivity contribution in [1.29, 1.82) is 0 Å². The van der Waals surface area contributed by atoms with Crippen LogP contribution in [0.4, 0.5) is 0 Å². The SMILES string of the molecule is C=CCNC(=NCCc1ccco1)N(C)CCc1cccs1. The molecule has 2 aromatic rings. The first-order valence-corrected chi connectivity index (χ1v) is 8.32. The van der Waals surface area contributed by atoms with Crippen molar-refractivity contribution in [2.24, 2.45) is 4.99 Å². The van der Waals surface area contributed by atoms with E-state index in [1.54, 1.807) is 17.6 Å². The number of guanidine groups is 1. The zero-order chi connectivity index (χ0) is 15.6. The fourth-order valence-corrected chi connectivity index (χ4v) is 2.74. The largest absolute Gasteiger partial charge is 0.469 e. The quantitative estimate of drug-likeness (QED) is 0.462. The summed E-state index contributed by atoms with van der Waals surface area (Å²) in [4.78, 5) is 8.22. The molecule has 0 saturated heterocycles. The number of furan rings is 1. The first-order valence-electron chi connectivity index (χ1n) is 7.44. The van der Waals surface area contributed by atoms with E-state index in [-0.39, 0.29) is 0 Å². The lowest BCUT2D eigenvalue weighted by atomic mass is 10.3. The van der Waals surface area contributed by atoms with Crippen LogP contribution in [0.1, 0.15) is 10.6 Å². The second kappa shape index (κ2) is 9.10. The van der Waals surface area contributed by atoms with Gasteiger partial charge in [0, 0.05) is 38.0 Å². The van der Waals surface area contributed by atoms with Crippen molar-refractivity contribution >= 4 is 17.3 Å². The summed E-state index contributed by atoms with van der Waals surface area (Å²) in [5.41, 5.74) is 0. The molecule has 0 atom stereocenters. The molecule has 0 unspecified atom stereocenters. The van der Waals surface area contributed by atoms with Gasteiger partial charge in [-0.3, -0.25) is 4.99 Å². The lowest BCUT2D eigenvalue weighted by molar-refractivity contribution is 0.484. The van der Waals surface area contributed by atoms with E-state index >= 15 is 0 Å². The second-order valence-corrected chi connectivity index (χ2v) is 5.99. The molecule has 0 aliphatic carbocycles. The molecule has 2 rings (SSSR count). The van der Waals surface area contributed by atoms with Crippen LogP contribution in [0.2, 0.25) is 0 Å². The van der Waals surface area contributed by atoms with Crippen molar-refractivity contribution in [3.05, 3.63) is 59.2 Å². The summed E-state index contributed by atoms with van der Waals surface area (Å²) in [5, 5.41) is 5.42. The normalized spacial score (nSPS) is 11.4. The van der Waals surface area contributed by atoms with Crippen molar-refractivity contribution in [3.8, 4) is 0 Å². The molecular weight excluding hydrogens is 294 g/mol. The molecule has 0 fully saturated rings. The zero-order valence-electron chi connectivity index (χ0n) is 13.0. The molecular formula is C17H23N3OS.